The molecule has 0 nitrogen and oxygen atoms in total. The van der Waals surface area contributed by atoms with Gasteiger partial charge < -0.3 is 0 Å². The molecule has 0 bridgehead atoms. The Labute approximate surface area is 71.8 Å². The predicted octanol–water partition coefficient (Wildman–Crippen LogP) is 0.210. The first-order chi connectivity index (χ1) is 3.39. The fraction of sp³-hybridized carbons (Fsp3) is 0. The van der Waals surface area contributed by atoms with Gasteiger partial charge in [-0.3, -0.25) is 0 Å². The summed E-state index contributed by atoms with van der Waals surface area (Å²) in [5, 5.41) is 0. The number of benzene rings is 1. The SMILES string of the molecule is [SeH]c1ccccc1.[W]. The van der Waals surface area contributed by atoms with E-state index in [9.17, 15) is 0 Å². The molecule has 8 heavy (non-hydrogen) atoms. The van der Waals surface area contributed by atoms with E-state index in [4.69, 9.17) is 0 Å². The molecule has 0 spiro atoms. The molecule has 42 valence electrons. The van der Waals surface area contributed by atoms with Gasteiger partial charge in [-0.25, -0.2) is 0 Å². The van der Waals surface area contributed by atoms with Gasteiger partial charge >= 0.3 is 50.8 Å². The van der Waals surface area contributed by atoms with E-state index in [1.54, 1.807) is 0 Å². The van der Waals surface area contributed by atoms with Crippen molar-refractivity contribution in [2.24, 2.45) is 0 Å². The van der Waals surface area contributed by atoms with Crippen molar-refractivity contribution >= 4 is 20.5 Å². The third kappa shape index (κ3) is 2.67. The molecule has 0 aliphatic heterocycles. The van der Waals surface area contributed by atoms with Crippen LogP contribution in [0.4, 0.5) is 0 Å². The molecule has 0 amide bonds. The average molecular weight is 341 g/mol. The van der Waals surface area contributed by atoms with E-state index in [0.29, 0.717) is 0 Å². The minimum absolute atomic E-state index is 0. The number of hydrogen-bond donors (Lipinski definition) is 0. The molecule has 1 rings (SSSR count). The van der Waals surface area contributed by atoms with Gasteiger partial charge in [0.2, 0.25) is 0 Å². The van der Waals surface area contributed by atoms with Gasteiger partial charge in [-0.05, 0) is 0 Å². The van der Waals surface area contributed by atoms with Crippen LogP contribution < -0.4 is 4.46 Å². The van der Waals surface area contributed by atoms with Gasteiger partial charge in [0.05, 0.1) is 0 Å². The first kappa shape index (κ1) is 8.43. The van der Waals surface area contributed by atoms with Crippen molar-refractivity contribution < 1.29 is 21.1 Å². The maximum absolute atomic E-state index is 2.49. The van der Waals surface area contributed by atoms with Gasteiger partial charge in [0.25, 0.3) is 0 Å². The van der Waals surface area contributed by atoms with Crippen molar-refractivity contribution in [1.82, 2.24) is 0 Å². The second kappa shape index (κ2) is 4.32. The van der Waals surface area contributed by atoms with E-state index in [0.717, 1.165) is 0 Å². The van der Waals surface area contributed by atoms with Crippen molar-refractivity contribution in [3.05, 3.63) is 30.3 Å². The molecule has 0 aliphatic carbocycles. The summed E-state index contributed by atoms with van der Waals surface area (Å²) in [6.07, 6.45) is 0. The molecule has 0 heterocycles. The van der Waals surface area contributed by atoms with Crippen LogP contribution in [0.5, 0.6) is 0 Å². The molecule has 0 saturated heterocycles. The third-order valence-corrected chi connectivity index (χ3v) is 1.38. The van der Waals surface area contributed by atoms with Gasteiger partial charge in [0.15, 0.2) is 0 Å². The molecule has 0 unspecified atom stereocenters. The van der Waals surface area contributed by atoms with Crippen LogP contribution >= 0.6 is 0 Å². The number of hydrogen-bond acceptors (Lipinski definition) is 0. The maximum atomic E-state index is 2.49. The Hall–Kier alpha value is 0.428. The summed E-state index contributed by atoms with van der Waals surface area (Å²) < 4.78 is 1.26. The zero-order valence-corrected chi connectivity index (χ0v) is 9.05. The Kier molecular flexibility index (Phi) is 4.55. The molecule has 0 N–H and O–H groups in total. The normalized spacial score (nSPS) is 7.62. The number of rotatable bonds is 0. The largest absolute Gasteiger partial charge is 0 e. The molecular weight excluding hydrogens is 335 g/mol. The van der Waals surface area contributed by atoms with Crippen LogP contribution in [0, 0.1) is 0 Å². The Morgan fingerprint density at radius 2 is 1.50 bits per heavy atom. The van der Waals surface area contributed by atoms with Crippen LogP contribution in [0.3, 0.4) is 0 Å². The van der Waals surface area contributed by atoms with Crippen LogP contribution in [0.15, 0.2) is 30.3 Å². The second-order valence-corrected chi connectivity index (χ2v) is 2.42. The van der Waals surface area contributed by atoms with Gasteiger partial charge in [0.1, 0.15) is 0 Å². The molecule has 2 heteroatoms. The second-order valence-electron chi connectivity index (χ2n) is 1.34. The van der Waals surface area contributed by atoms with Gasteiger partial charge in [-0.1, -0.05) is 0 Å². The molecule has 0 fully saturated rings. The zero-order chi connectivity index (χ0) is 5.11. The molecule has 0 atom stereocenters. The Morgan fingerprint density at radius 1 is 1.00 bits per heavy atom. The van der Waals surface area contributed by atoms with E-state index >= 15 is 0 Å². The standard InChI is InChI=1S/C6H6Se.W/c7-6-4-2-1-3-5-6;/h1-5,7H;. The molecule has 0 aliphatic rings. The topological polar surface area (TPSA) is 0 Å². The molecule has 0 saturated carbocycles. The molecule has 1 aromatic rings. The Balaban J connectivity index is 0.000000490. The van der Waals surface area contributed by atoms with E-state index in [-0.39, 0.29) is 21.1 Å². The summed E-state index contributed by atoms with van der Waals surface area (Å²) in [5.41, 5.74) is 0. The maximum Gasteiger partial charge on any atom is 0 e. The van der Waals surface area contributed by atoms with E-state index in [2.05, 4.69) is 28.1 Å². The van der Waals surface area contributed by atoms with Crippen LogP contribution in [0.25, 0.3) is 0 Å². The van der Waals surface area contributed by atoms with Gasteiger partial charge in [-0.15, -0.1) is 0 Å². The van der Waals surface area contributed by atoms with E-state index in [1.807, 2.05) is 18.2 Å². The quantitative estimate of drug-likeness (QED) is 0.592. The van der Waals surface area contributed by atoms with Gasteiger partial charge in [-0.2, -0.15) is 0 Å². The van der Waals surface area contributed by atoms with Crippen LogP contribution in [-0.2, 0) is 21.1 Å². The Morgan fingerprint density at radius 3 is 1.75 bits per heavy atom. The third-order valence-electron chi connectivity index (χ3n) is 0.756. The van der Waals surface area contributed by atoms with Crippen molar-refractivity contribution in [1.29, 1.82) is 0 Å². The molecular formula is C6H6SeW. The Bertz CT molecular complexity index is 138. The molecule has 0 radical (unpaired) electrons. The first-order valence-corrected chi connectivity index (χ1v) is 3.07. The molecule has 0 aromatic heterocycles. The minimum atomic E-state index is 0. The van der Waals surface area contributed by atoms with E-state index < -0.39 is 0 Å². The van der Waals surface area contributed by atoms with Crippen LogP contribution in [-0.4, -0.2) is 16.0 Å². The zero-order valence-electron chi connectivity index (χ0n) is 4.24. The fourth-order valence-electron chi connectivity index (χ4n) is 0.428. The summed E-state index contributed by atoms with van der Waals surface area (Å²) in [6, 6.07) is 10.2. The smallest absolute Gasteiger partial charge is 0 e. The van der Waals surface area contributed by atoms with Crippen molar-refractivity contribution in [2.75, 3.05) is 0 Å². The van der Waals surface area contributed by atoms with Crippen molar-refractivity contribution in [3.8, 4) is 0 Å². The summed E-state index contributed by atoms with van der Waals surface area (Å²) in [6.45, 7) is 0. The summed E-state index contributed by atoms with van der Waals surface area (Å²) >= 11 is 2.49. The fourth-order valence-corrected chi connectivity index (χ4v) is 0.789. The van der Waals surface area contributed by atoms with Crippen LogP contribution in [0.2, 0.25) is 0 Å². The van der Waals surface area contributed by atoms with E-state index in [1.165, 1.54) is 4.46 Å². The van der Waals surface area contributed by atoms with Gasteiger partial charge in [0, 0.05) is 21.1 Å². The predicted molar refractivity (Wildman–Crippen MR) is 33.2 cm³/mol. The summed E-state index contributed by atoms with van der Waals surface area (Å²) in [5.74, 6) is 0. The summed E-state index contributed by atoms with van der Waals surface area (Å²) in [7, 11) is 0. The minimum Gasteiger partial charge on any atom is 0 e. The average Bonchev–Trinajstić information content (AvgIpc) is 1.69. The van der Waals surface area contributed by atoms with Crippen LogP contribution in [0.1, 0.15) is 0 Å². The molecule has 1 aromatic carbocycles. The van der Waals surface area contributed by atoms with Crippen molar-refractivity contribution in [2.45, 2.75) is 0 Å². The summed E-state index contributed by atoms with van der Waals surface area (Å²) in [4.78, 5) is 0. The van der Waals surface area contributed by atoms with Crippen molar-refractivity contribution in [3.63, 3.8) is 0 Å². The first-order valence-electron chi connectivity index (χ1n) is 2.13. The monoisotopic (exact) mass is 342 g/mol.